The summed E-state index contributed by atoms with van der Waals surface area (Å²) in [4.78, 5) is 0. The van der Waals surface area contributed by atoms with Crippen LogP contribution in [0.4, 0.5) is 5.13 Å². The first kappa shape index (κ1) is 15.9. The van der Waals surface area contributed by atoms with Gasteiger partial charge >= 0.3 is 0 Å². The van der Waals surface area contributed by atoms with Gasteiger partial charge in [-0.1, -0.05) is 49.4 Å². The summed E-state index contributed by atoms with van der Waals surface area (Å²) in [6, 6.07) is 7.95. The maximum Gasteiger partial charge on any atom is 0.238 e. The molecule has 0 saturated carbocycles. The van der Waals surface area contributed by atoms with Crippen molar-refractivity contribution < 1.29 is 8.42 Å². The van der Waals surface area contributed by atoms with Crippen molar-refractivity contribution in [2.45, 2.75) is 32.2 Å². The highest BCUT2D eigenvalue weighted by Gasteiger charge is 2.13. The van der Waals surface area contributed by atoms with Gasteiger partial charge in [0.05, 0.1) is 5.75 Å². The number of benzene rings is 1. The van der Waals surface area contributed by atoms with E-state index >= 15 is 0 Å². The Morgan fingerprint density at radius 3 is 2.43 bits per heavy atom. The van der Waals surface area contributed by atoms with E-state index in [-0.39, 0.29) is 10.9 Å². The van der Waals surface area contributed by atoms with Gasteiger partial charge in [0.15, 0.2) is 0 Å². The lowest BCUT2D eigenvalue weighted by Crippen LogP contribution is -2.21. The normalized spacial score (nSPS) is 11.8. The number of sulfonamides is 1. The average molecular weight is 326 g/mol. The average Bonchev–Trinajstić information content (AvgIpc) is 2.89. The third-order valence-corrected chi connectivity index (χ3v) is 4.65. The zero-order valence-electron chi connectivity index (χ0n) is 11.9. The molecule has 0 aliphatic rings. The van der Waals surface area contributed by atoms with Crippen molar-refractivity contribution in [1.82, 2.24) is 15.5 Å². The van der Waals surface area contributed by atoms with Crippen molar-refractivity contribution in [3.63, 3.8) is 0 Å². The fourth-order valence-electron chi connectivity index (χ4n) is 1.68. The third kappa shape index (κ3) is 5.41. The van der Waals surface area contributed by atoms with E-state index in [1.165, 1.54) is 5.51 Å². The molecule has 21 heavy (non-hydrogen) atoms. The monoisotopic (exact) mass is 326 g/mol. The number of nitrogens with one attached hydrogen (secondary N) is 2. The Kier molecular flexibility index (Phi) is 5.27. The molecule has 2 rings (SSSR count). The second-order valence-corrected chi connectivity index (χ2v) is 7.51. The van der Waals surface area contributed by atoms with E-state index in [0.29, 0.717) is 6.04 Å². The summed E-state index contributed by atoms with van der Waals surface area (Å²) in [6.45, 7) is 4.94. The van der Waals surface area contributed by atoms with Crippen LogP contribution in [0.15, 0.2) is 29.8 Å². The summed E-state index contributed by atoms with van der Waals surface area (Å²) >= 11 is 1.15. The van der Waals surface area contributed by atoms with E-state index in [0.717, 1.165) is 29.0 Å². The van der Waals surface area contributed by atoms with Gasteiger partial charge in [-0.3, -0.25) is 4.72 Å². The predicted octanol–water partition coefficient (Wildman–Crippen LogP) is 1.98. The van der Waals surface area contributed by atoms with Crippen molar-refractivity contribution in [1.29, 1.82) is 0 Å². The van der Waals surface area contributed by atoms with E-state index in [1.807, 2.05) is 24.3 Å². The van der Waals surface area contributed by atoms with Crippen molar-refractivity contribution in [3.05, 3.63) is 40.9 Å². The summed E-state index contributed by atoms with van der Waals surface area (Å²) in [5, 5.41) is 10.9. The zero-order valence-corrected chi connectivity index (χ0v) is 13.5. The predicted molar refractivity (Wildman–Crippen MR) is 84.6 cm³/mol. The highest BCUT2D eigenvalue weighted by Crippen LogP contribution is 2.14. The molecule has 0 atom stereocenters. The first-order valence-electron chi connectivity index (χ1n) is 6.52. The highest BCUT2D eigenvalue weighted by atomic mass is 32.2. The number of rotatable bonds is 7. The quantitative estimate of drug-likeness (QED) is 0.813. The van der Waals surface area contributed by atoms with Gasteiger partial charge in [0.25, 0.3) is 0 Å². The first-order chi connectivity index (χ1) is 9.94. The van der Waals surface area contributed by atoms with E-state index in [1.54, 1.807) is 0 Å². The van der Waals surface area contributed by atoms with Crippen molar-refractivity contribution >= 4 is 26.5 Å². The molecule has 114 valence electrons. The summed E-state index contributed by atoms with van der Waals surface area (Å²) in [7, 11) is -3.45. The molecule has 0 aliphatic carbocycles. The molecule has 0 bridgehead atoms. The van der Waals surface area contributed by atoms with Gasteiger partial charge in [0.2, 0.25) is 15.2 Å². The number of aromatic nitrogens is 2. The fraction of sp³-hybridized carbons (Fsp3) is 0.385. The smallest absolute Gasteiger partial charge is 0.238 e. The van der Waals surface area contributed by atoms with Crippen LogP contribution in [0.1, 0.15) is 25.0 Å². The van der Waals surface area contributed by atoms with Crippen LogP contribution in [-0.2, 0) is 22.3 Å². The molecule has 0 fully saturated rings. The second-order valence-electron chi connectivity index (χ2n) is 4.96. The van der Waals surface area contributed by atoms with E-state index in [2.05, 4.69) is 34.1 Å². The highest BCUT2D eigenvalue weighted by molar-refractivity contribution is 7.92. The lowest BCUT2D eigenvalue weighted by molar-refractivity contribution is 0.589. The lowest BCUT2D eigenvalue weighted by Gasteiger charge is -2.09. The first-order valence-corrected chi connectivity index (χ1v) is 9.06. The molecule has 1 aromatic heterocycles. The maximum atomic E-state index is 12.0. The molecule has 0 radical (unpaired) electrons. The van der Waals surface area contributed by atoms with Crippen LogP contribution >= 0.6 is 11.3 Å². The van der Waals surface area contributed by atoms with Crippen LogP contribution in [0.25, 0.3) is 0 Å². The number of nitrogens with zero attached hydrogens (tertiary/aromatic N) is 2. The van der Waals surface area contributed by atoms with Crippen molar-refractivity contribution in [2.24, 2.45) is 0 Å². The van der Waals surface area contributed by atoms with E-state index in [9.17, 15) is 8.42 Å². The summed E-state index contributed by atoms with van der Waals surface area (Å²) in [5.74, 6) is -0.0789. The van der Waals surface area contributed by atoms with Crippen LogP contribution in [-0.4, -0.2) is 24.7 Å². The fourth-order valence-corrected chi connectivity index (χ4v) is 3.55. The second kappa shape index (κ2) is 6.97. The molecule has 8 heteroatoms. The van der Waals surface area contributed by atoms with Gasteiger partial charge in [-0.05, 0) is 11.1 Å². The zero-order chi connectivity index (χ0) is 15.3. The molecule has 0 unspecified atom stereocenters. The number of anilines is 1. The summed E-state index contributed by atoms with van der Waals surface area (Å²) < 4.78 is 26.4. The molecule has 0 saturated heterocycles. The molecule has 0 amide bonds. The van der Waals surface area contributed by atoms with Crippen LogP contribution in [0.3, 0.4) is 0 Å². The molecule has 2 N–H and O–H groups in total. The Morgan fingerprint density at radius 2 is 1.86 bits per heavy atom. The minimum atomic E-state index is -3.45. The minimum absolute atomic E-state index is 0.0789. The van der Waals surface area contributed by atoms with Gasteiger partial charge in [-0.25, -0.2) is 8.42 Å². The Labute approximate surface area is 128 Å². The summed E-state index contributed by atoms with van der Waals surface area (Å²) in [5.41, 5.74) is 3.34. The van der Waals surface area contributed by atoms with Gasteiger partial charge < -0.3 is 5.32 Å². The minimum Gasteiger partial charge on any atom is -0.310 e. The number of hydrogen-bond acceptors (Lipinski definition) is 6. The van der Waals surface area contributed by atoms with Crippen LogP contribution in [0.5, 0.6) is 0 Å². The largest absolute Gasteiger partial charge is 0.310 e. The molecule has 1 heterocycles. The molecule has 1 aromatic carbocycles. The van der Waals surface area contributed by atoms with Crippen LogP contribution in [0.2, 0.25) is 0 Å². The Bertz CT molecular complexity index is 652. The van der Waals surface area contributed by atoms with Crippen molar-refractivity contribution in [2.75, 3.05) is 4.72 Å². The maximum absolute atomic E-state index is 12.0. The SMILES string of the molecule is CC(C)NCc1ccc(CS(=O)(=O)Nc2nncs2)cc1. The molecule has 6 nitrogen and oxygen atoms in total. The Hall–Kier alpha value is -1.51. The lowest BCUT2D eigenvalue weighted by atomic mass is 10.1. The molecule has 0 aliphatic heterocycles. The molecule has 0 spiro atoms. The van der Waals surface area contributed by atoms with Gasteiger partial charge in [-0.2, -0.15) is 0 Å². The van der Waals surface area contributed by atoms with Gasteiger partial charge in [0.1, 0.15) is 5.51 Å². The molecular weight excluding hydrogens is 308 g/mol. The van der Waals surface area contributed by atoms with Gasteiger partial charge in [0, 0.05) is 12.6 Å². The standard InChI is InChI=1S/C13H18N4O2S2/c1-10(2)14-7-11-3-5-12(6-4-11)8-21(18,19)17-13-16-15-9-20-13/h3-6,9-10,14H,7-8H2,1-2H3,(H,16,17). The molecule has 2 aromatic rings. The van der Waals surface area contributed by atoms with E-state index in [4.69, 9.17) is 0 Å². The Balaban J connectivity index is 1.96. The number of hydrogen-bond donors (Lipinski definition) is 2. The van der Waals surface area contributed by atoms with Crippen LogP contribution in [0, 0.1) is 0 Å². The van der Waals surface area contributed by atoms with Crippen LogP contribution < -0.4 is 10.0 Å². The van der Waals surface area contributed by atoms with E-state index < -0.39 is 10.0 Å². The van der Waals surface area contributed by atoms with Gasteiger partial charge in [-0.15, -0.1) is 10.2 Å². The Morgan fingerprint density at radius 1 is 1.19 bits per heavy atom. The van der Waals surface area contributed by atoms with Crippen molar-refractivity contribution in [3.8, 4) is 0 Å². The topological polar surface area (TPSA) is 84.0 Å². The third-order valence-electron chi connectivity index (χ3n) is 2.70. The molecular formula is C13H18N4O2S2. The summed E-state index contributed by atoms with van der Waals surface area (Å²) in [6.07, 6.45) is 0.